The molecule has 1 aliphatic heterocycles. The van der Waals surface area contributed by atoms with Crippen LogP contribution in [0.15, 0.2) is 42.5 Å². The number of carbonyl (C=O) groups excluding carboxylic acids is 1. The second kappa shape index (κ2) is 8.02. The molecule has 1 fully saturated rings. The molecule has 1 N–H and O–H groups in total. The number of benzene rings is 1. The van der Waals surface area contributed by atoms with E-state index in [2.05, 4.69) is 24.8 Å². The average molecular weight is 397 g/mol. The molecule has 0 aliphatic carbocycles. The van der Waals surface area contributed by atoms with E-state index in [1.54, 1.807) is 12.1 Å². The molecule has 6 nitrogen and oxygen atoms in total. The molecular formula is C20H20FN5OS. The zero-order valence-electron chi connectivity index (χ0n) is 15.4. The number of carbonyl (C=O) groups is 1. The molecule has 8 heteroatoms. The highest BCUT2D eigenvalue weighted by Gasteiger charge is 2.27. The van der Waals surface area contributed by atoms with Gasteiger partial charge in [-0.1, -0.05) is 0 Å². The summed E-state index contributed by atoms with van der Waals surface area (Å²) in [4.78, 5) is 14.7. The lowest BCUT2D eigenvalue weighted by atomic mass is 9.97. The zero-order valence-corrected chi connectivity index (χ0v) is 16.2. The number of amides is 1. The summed E-state index contributed by atoms with van der Waals surface area (Å²) in [6, 6.07) is 11.8. The first-order chi connectivity index (χ1) is 13.6. The van der Waals surface area contributed by atoms with Crippen LogP contribution in [0.2, 0.25) is 0 Å². The van der Waals surface area contributed by atoms with Crippen molar-refractivity contribution in [3.05, 3.63) is 54.0 Å². The number of halogens is 1. The van der Waals surface area contributed by atoms with Crippen LogP contribution in [0.5, 0.6) is 0 Å². The Labute approximate surface area is 166 Å². The predicted octanol–water partition coefficient (Wildman–Crippen LogP) is 3.90. The molecule has 0 spiro atoms. The van der Waals surface area contributed by atoms with E-state index < -0.39 is 0 Å². The van der Waals surface area contributed by atoms with E-state index in [9.17, 15) is 9.18 Å². The molecule has 4 rings (SSSR count). The summed E-state index contributed by atoms with van der Waals surface area (Å²) in [6.45, 7) is 3.35. The van der Waals surface area contributed by atoms with Gasteiger partial charge >= 0.3 is 0 Å². The first-order valence-electron chi connectivity index (χ1n) is 9.17. The van der Waals surface area contributed by atoms with Crippen LogP contribution in [0.1, 0.15) is 18.5 Å². The first-order valence-corrected chi connectivity index (χ1v) is 9.94. The van der Waals surface area contributed by atoms with Crippen LogP contribution >= 0.6 is 11.5 Å². The predicted molar refractivity (Wildman–Crippen MR) is 108 cm³/mol. The lowest BCUT2D eigenvalue weighted by molar-refractivity contribution is -0.120. The summed E-state index contributed by atoms with van der Waals surface area (Å²) in [5.41, 5.74) is 2.41. The van der Waals surface area contributed by atoms with Crippen molar-refractivity contribution in [1.82, 2.24) is 14.6 Å². The first kappa shape index (κ1) is 18.5. The van der Waals surface area contributed by atoms with Crippen LogP contribution in [-0.4, -0.2) is 33.6 Å². The van der Waals surface area contributed by atoms with Crippen LogP contribution in [0.3, 0.4) is 0 Å². The topological polar surface area (TPSA) is 71.0 Å². The Morgan fingerprint density at radius 1 is 1.21 bits per heavy atom. The SMILES string of the molecule is Cc1cc(NC(=O)C2CCCN(c3ccc(-c4ccc(F)cc4)nn3)C2)sn1. The van der Waals surface area contributed by atoms with Crippen molar-refractivity contribution in [3.8, 4) is 11.3 Å². The van der Waals surface area contributed by atoms with Crippen molar-refractivity contribution in [2.45, 2.75) is 19.8 Å². The monoisotopic (exact) mass is 397 g/mol. The van der Waals surface area contributed by atoms with Gasteiger partial charge in [0.2, 0.25) is 5.91 Å². The molecule has 1 amide bonds. The molecule has 28 heavy (non-hydrogen) atoms. The third kappa shape index (κ3) is 4.17. The van der Waals surface area contributed by atoms with Crippen molar-refractivity contribution in [2.24, 2.45) is 5.92 Å². The lowest BCUT2D eigenvalue weighted by Gasteiger charge is -2.32. The van der Waals surface area contributed by atoms with E-state index in [-0.39, 0.29) is 17.6 Å². The number of aryl methyl sites for hydroxylation is 1. The van der Waals surface area contributed by atoms with Gasteiger partial charge < -0.3 is 10.2 Å². The van der Waals surface area contributed by atoms with Crippen molar-refractivity contribution in [2.75, 3.05) is 23.3 Å². The molecule has 1 saturated heterocycles. The van der Waals surface area contributed by atoms with Gasteiger partial charge in [-0.25, -0.2) is 4.39 Å². The van der Waals surface area contributed by atoms with Gasteiger partial charge in [0, 0.05) is 18.7 Å². The van der Waals surface area contributed by atoms with Crippen molar-refractivity contribution < 1.29 is 9.18 Å². The van der Waals surface area contributed by atoms with Gasteiger partial charge in [0.1, 0.15) is 10.8 Å². The Balaban J connectivity index is 1.42. The van der Waals surface area contributed by atoms with Gasteiger partial charge in [-0.3, -0.25) is 4.79 Å². The Morgan fingerprint density at radius 3 is 2.71 bits per heavy atom. The number of hydrogen-bond acceptors (Lipinski definition) is 6. The number of aromatic nitrogens is 3. The maximum absolute atomic E-state index is 13.1. The van der Waals surface area contributed by atoms with Crippen LogP contribution < -0.4 is 10.2 Å². The van der Waals surface area contributed by atoms with Gasteiger partial charge in [-0.05, 0) is 73.8 Å². The Bertz CT molecular complexity index is 957. The Hall–Kier alpha value is -2.87. The molecule has 1 atom stereocenters. The highest BCUT2D eigenvalue weighted by Crippen LogP contribution is 2.25. The van der Waals surface area contributed by atoms with Crippen LogP contribution in [-0.2, 0) is 4.79 Å². The number of hydrogen-bond donors (Lipinski definition) is 1. The van der Waals surface area contributed by atoms with Crippen molar-refractivity contribution >= 4 is 28.3 Å². The Kier molecular flexibility index (Phi) is 5.29. The minimum absolute atomic E-state index is 0.0178. The number of nitrogens with one attached hydrogen (secondary N) is 1. The molecule has 0 radical (unpaired) electrons. The van der Waals surface area contributed by atoms with Crippen LogP contribution in [0.25, 0.3) is 11.3 Å². The highest BCUT2D eigenvalue weighted by molar-refractivity contribution is 7.10. The van der Waals surface area contributed by atoms with Gasteiger partial charge in [-0.15, -0.1) is 10.2 Å². The smallest absolute Gasteiger partial charge is 0.229 e. The second-order valence-electron chi connectivity index (χ2n) is 6.89. The van der Waals surface area contributed by atoms with E-state index in [1.807, 2.05) is 25.1 Å². The zero-order chi connectivity index (χ0) is 19.5. The van der Waals surface area contributed by atoms with E-state index >= 15 is 0 Å². The number of piperidine rings is 1. The van der Waals surface area contributed by atoms with Gasteiger partial charge in [0.15, 0.2) is 5.82 Å². The van der Waals surface area contributed by atoms with E-state index in [4.69, 9.17) is 0 Å². The molecule has 2 aromatic heterocycles. The number of anilines is 2. The fourth-order valence-electron chi connectivity index (χ4n) is 3.31. The number of rotatable bonds is 4. The summed E-state index contributed by atoms with van der Waals surface area (Å²) < 4.78 is 17.3. The molecule has 1 unspecified atom stereocenters. The summed E-state index contributed by atoms with van der Waals surface area (Å²) in [5, 5.41) is 12.3. The summed E-state index contributed by atoms with van der Waals surface area (Å²) in [7, 11) is 0. The summed E-state index contributed by atoms with van der Waals surface area (Å²) in [5.74, 6) is 0.385. The van der Waals surface area contributed by atoms with Gasteiger partial charge in [-0.2, -0.15) is 4.37 Å². The molecule has 0 saturated carbocycles. The minimum Gasteiger partial charge on any atom is -0.354 e. The maximum atomic E-state index is 13.1. The standard InChI is InChI=1S/C20H20FN5OS/c1-13-11-19(28-25-13)22-20(27)15-3-2-10-26(12-15)18-9-8-17(23-24-18)14-4-6-16(21)7-5-14/h4-9,11,15H,2-3,10,12H2,1H3,(H,22,27). The van der Waals surface area contributed by atoms with Crippen molar-refractivity contribution in [1.29, 1.82) is 0 Å². The summed E-state index contributed by atoms with van der Waals surface area (Å²) >= 11 is 1.30. The van der Waals surface area contributed by atoms with Gasteiger partial charge in [0.25, 0.3) is 0 Å². The van der Waals surface area contributed by atoms with Crippen LogP contribution in [0, 0.1) is 18.7 Å². The van der Waals surface area contributed by atoms with Crippen LogP contribution in [0.4, 0.5) is 15.2 Å². The van der Waals surface area contributed by atoms with Crippen molar-refractivity contribution in [3.63, 3.8) is 0 Å². The molecular weight excluding hydrogens is 377 g/mol. The fourth-order valence-corrected chi connectivity index (χ4v) is 3.98. The highest BCUT2D eigenvalue weighted by atomic mass is 32.1. The third-order valence-electron chi connectivity index (χ3n) is 4.78. The summed E-state index contributed by atoms with van der Waals surface area (Å²) in [6.07, 6.45) is 1.77. The minimum atomic E-state index is -0.278. The molecule has 144 valence electrons. The van der Waals surface area contributed by atoms with E-state index in [0.717, 1.165) is 41.5 Å². The Morgan fingerprint density at radius 2 is 2.04 bits per heavy atom. The molecule has 0 bridgehead atoms. The molecule has 1 aromatic carbocycles. The van der Waals surface area contributed by atoms with E-state index in [1.165, 1.54) is 23.7 Å². The third-order valence-corrected chi connectivity index (χ3v) is 5.58. The molecule has 3 heterocycles. The average Bonchev–Trinajstić information content (AvgIpc) is 3.13. The molecule has 1 aliphatic rings. The normalized spacial score (nSPS) is 16.8. The quantitative estimate of drug-likeness (QED) is 0.723. The van der Waals surface area contributed by atoms with E-state index in [0.29, 0.717) is 12.2 Å². The van der Waals surface area contributed by atoms with Gasteiger partial charge in [0.05, 0.1) is 17.3 Å². The molecule has 3 aromatic rings. The lowest BCUT2D eigenvalue weighted by Crippen LogP contribution is -2.41. The fraction of sp³-hybridized carbons (Fsp3) is 0.300. The second-order valence-corrected chi connectivity index (χ2v) is 7.70. The number of nitrogens with zero attached hydrogens (tertiary/aromatic N) is 4. The largest absolute Gasteiger partial charge is 0.354 e. The maximum Gasteiger partial charge on any atom is 0.229 e.